The highest BCUT2D eigenvalue weighted by Gasteiger charge is 2.08. The van der Waals surface area contributed by atoms with E-state index in [4.69, 9.17) is 22.1 Å². The Kier molecular flexibility index (Phi) is 5.45. The van der Waals surface area contributed by atoms with Gasteiger partial charge < -0.3 is 10.5 Å². The van der Waals surface area contributed by atoms with Crippen molar-refractivity contribution in [1.29, 1.82) is 0 Å². The number of pyridine rings is 1. The third-order valence-corrected chi connectivity index (χ3v) is 2.60. The van der Waals surface area contributed by atoms with E-state index in [1.165, 1.54) is 5.54 Å². The predicted molar refractivity (Wildman–Crippen MR) is 71.4 cm³/mol. The SMILES string of the molecule is C/C(=C\Cl)COc1ccc(C)nc1CC(C)N. The van der Waals surface area contributed by atoms with Crippen LogP contribution in [0.1, 0.15) is 25.2 Å². The number of halogens is 1. The molecular weight excluding hydrogens is 236 g/mol. The van der Waals surface area contributed by atoms with Crippen LogP contribution in [0.4, 0.5) is 0 Å². The average molecular weight is 255 g/mol. The van der Waals surface area contributed by atoms with Crippen LogP contribution in [0.2, 0.25) is 0 Å². The molecule has 3 nitrogen and oxygen atoms in total. The van der Waals surface area contributed by atoms with Gasteiger partial charge in [0.1, 0.15) is 12.4 Å². The minimum absolute atomic E-state index is 0.0660. The highest BCUT2D eigenvalue weighted by Crippen LogP contribution is 2.19. The van der Waals surface area contributed by atoms with Crippen molar-refractivity contribution < 1.29 is 4.74 Å². The van der Waals surface area contributed by atoms with E-state index in [0.717, 1.165) is 22.7 Å². The van der Waals surface area contributed by atoms with Gasteiger partial charge in [0.25, 0.3) is 0 Å². The molecule has 0 aliphatic carbocycles. The van der Waals surface area contributed by atoms with Gasteiger partial charge >= 0.3 is 0 Å². The Morgan fingerprint density at radius 3 is 2.88 bits per heavy atom. The van der Waals surface area contributed by atoms with Crippen molar-refractivity contribution in [1.82, 2.24) is 4.98 Å². The summed E-state index contributed by atoms with van der Waals surface area (Å²) < 4.78 is 5.67. The second-order valence-corrected chi connectivity index (χ2v) is 4.54. The van der Waals surface area contributed by atoms with Gasteiger partial charge in [0.2, 0.25) is 0 Å². The molecule has 0 radical (unpaired) electrons. The summed E-state index contributed by atoms with van der Waals surface area (Å²) in [5, 5.41) is 0. The smallest absolute Gasteiger partial charge is 0.141 e. The fourth-order valence-electron chi connectivity index (χ4n) is 1.40. The zero-order chi connectivity index (χ0) is 12.8. The summed E-state index contributed by atoms with van der Waals surface area (Å²) in [6, 6.07) is 3.93. The van der Waals surface area contributed by atoms with Gasteiger partial charge in [-0.3, -0.25) is 4.98 Å². The van der Waals surface area contributed by atoms with Crippen molar-refractivity contribution in [2.24, 2.45) is 5.73 Å². The summed E-state index contributed by atoms with van der Waals surface area (Å²) >= 11 is 5.59. The molecule has 17 heavy (non-hydrogen) atoms. The minimum atomic E-state index is 0.0660. The molecule has 2 N–H and O–H groups in total. The van der Waals surface area contributed by atoms with Crippen molar-refractivity contribution in [2.75, 3.05) is 6.61 Å². The fraction of sp³-hybridized carbons (Fsp3) is 0.462. The van der Waals surface area contributed by atoms with Crippen LogP contribution in [0.15, 0.2) is 23.2 Å². The lowest BCUT2D eigenvalue weighted by atomic mass is 10.1. The first-order valence-electron chi connectivity index (χ1n) is 5.63. The van der Waals surface area contributed by atoms with Gasteiger partial charge in [-0.2, -0.15) is 0 Å². The van der Waals surface area contributed by atoms with Crippen molar-refractivity contribution >= 4 is 11.6 Å². The third kappa shape index (κ3) is 4.75. The van der Waals surface area contributed by atoms with Gasteiger partial charge in [-0.15, -0.1) is 0 Å². The molecule has 0 aromatic carbocycles. The summed E-state index contributed by atoms with van der Waals surface area (Å²) in [6.45, 7) is 6.30. The van der Waals surface area contributed by atoms with E-state index in [-0.39, 0.29) is 6.04 Å². The minimum Gasteiger partial charge on any atom is -0.487 e. The Hall–Kier alpha value is -1.06. The average Bonchev–Trinajstić information content (AvgIpc) is 2.26. The largest absolute Gasteiger partial charge is 0.487 e. The lowest BCUT2D eigenvalue weighted by Crippen LogP contribution is -2.19. The zero-order valence-electron chi connectivity index (χ0n) is 10.5. The molecular formula is C13H19ClN2O. The van der Waals surface area contributed by atoms with E-state index >= 15 is 0 Å². The number of rotatable bonds is 5. The monoisotopic (exact) mass is 254 g/mol. The molecule has 4 heteroatoms. The first-order valence-corrected chi connectivity index (χ1v) is 6.07. The van der Waals surface area contributed by atoms with E-state index in [2.05, 4.69) is 4.98 Å². The number of nitrogens with zero attached hydrogens (tertiary/aromatic N) is 1. The van der Waals surface area contributed by atoms with Crippen LogP contribution in [0.25, 0.3) is 0 Å². The normalized spacial score (nSPS) is 13.6. The highest BCUT2D eigenvalue weighted by molar-refractivity contribution is 6.25. The maximum absolute atomic E-state index is 5.80. The molecule has 94 valence electrons. The van der Waals surface area contributed by atoms with Gasteiger partial charge in [-0.25, -0.2) is 0 Å². The Balaban J connectivity index is 2.82. The Morgan fingerprint density at radius 2 is 2.29 bits per heavy atom. The molecule has 1 aromatic rings. The molecule has 0 aliphatic rings. The van der Waals surface area contributed by atoms with E-state index < -0.39 is 0 Å². The second-order valence-electron chi connectivity index (χ2n) is 4.32. The first-order chi connectivity index (χ1) is 8.02. The third-order valence-electron chi connectivity index (χ3n) is 2.23. The molecule has 1 atom stereocenters. The van der Waals surface area contributed by atoms with Crippen LogP contribution in [0, 0.1) is 6.92 Å². The lowest BCUT2D eigenvalue weighted by Gasteiger charge is -2.13. The molecule has 0 aliphatic heterocycles. The maximum Gasteiger partial charge on any atom is 0.141 e. The van der Waals surface area contributed by atoms with E-state index in [0.29, 0.717) is 13.0 Å². The molecule has 0 saturated carbocycles. The van der Waals surface area contributed by atoms with Gasteiger partial charge in [-0.05, 0) is 38.5 Å². The predicted octanol–water partition coefficient (Wildman–Crippen LogP) is 2.80. The van der Waals surface area contributed by atoms with E-state index in [1.807, 2.05) is 32.9 Å². The van der Waals surface area contributed by atoms with Crippen LogP contribution in [-0.4, -0.2) is 17.6 Å². The van der Waals surface area contributed by atoms with Gasteiger partial charge in [0.05, 0.1) is 5.69 Å². The van der Waals surface area contributed by atoms with Gasteiger partial charge in [0, 0.05) is 23.7 Å². The quantitative estimate of drug-likeness (QED) is 0.879. The highest BCUT2D eigenvalue weighted by atomic mass is 35.5. The number of hydrogen-bond donors (Lipinski definition) is 1. The van der Waals surface area contributed by atoms with E-state index in [9.17, 15) is 0 Å². The molecule has 1 unspecified atom stereocenters. The van der Waals surface area contributed by atoms with Crippen LogP contribution in [-0.2, 0) is 6.42 Å². The Bertz CT molecular complexity index is 402. The van der Waals surface area contributed by atoms with Crippen LogP contribution >= 0.6 is 11.6 Å². The number of nitrogens with two attached hydrogens (primary N) is 1. The molecule has 0 saturated heterocycles. The van der Waals surface area contributed by atoms with Crippen LogP contribution in [0.3, 0.4) is 0 Å². The van der Waals surface area contributed by atoms with E-state index in [1.54, 1.807) is 0 Å². The van der Waals surface area contributed by atoms with Gasteiger partial charge in [-0.1, -0.05) is 11.6 Å². The number of ether oxygens (including phenoxy) is 1. The van der Waals surface area contributed by atoms with Crippen molar-refractivity contribution in [3.8, 4) is 5.75 Å². The Morgan fingerprint density at radius 1 is 1.59 bits per heavy atom. The maximum atomic E-state index is 5.80. The van der Waals surface area contributed by atoms with Crippen molar-refractivity contribution in [2.45, 2.75) is 33.2 Å². The van der Waals surface area contributed by atoms with Crippen LogP contribution < -0.4 is 10.5 Å². The summed E-state index contributed by atoms with van der Waals surface area (Å²) in [5.41, 5.74) is 10.2. The van der Waals surface area contributed by atoms with Crippen molar-refractivity contribution in [3.63, 3.8) is 0 Å². The Labute approximate surface area is 108 Å². The topological polar surface area (TPSA) is 48.1 Å². The first kappa shape index (κ1) is 14.0. The molecule has 0 fully saturated rings. The number of hydrogen-bond acceptors (Lipinski definition) is 3. The van der Waals surface area contributed by atoms with Gasteiger partial charge in [0.15, 0.2) is 0 Å². The molecule has 1 aromatic heterocycles. The molecule has 0 amide bonds. The summed E-state index contributed by atoms with van der Waals surface area (Å²) in [6.07, 6.45) is 0.709. The van der Waals surface area contributed by atoms with Crippen molar-refractivity contribution in [3.05, 3.63) is 34.6 Å². The summed E-state index contributed by atoms with van der Waals surface area (Å²) in [7, 11) is 0. The lowest BCUT2D eigenvalue weighted by molar-refractivity contribution is 0.345. The molecule has 0 bridgehead atoms. The number of aryl methyl sites for hydroxylation is 1. The summed E-state index contributed by atoms with van der Waals surface area (Å²) in [5.74, 6) is 0.783. The second kappa shape index (κ2) is 6.62. The molecule has 0 spiro atoms. The summed E-state index contributed by atoms with van der Waals surface area (Å²) in [4.78, 5) is 4.46. The standard InChI is InChI=1S/C13H19ClN2O/c1-9(7-14)8-17-13-5-4-11(3)16-12(13)6-10(2)15/h4-5,7,10H,6,8,15H2,1-3H3/b9-7+. The fourth-order valence-corrected chi connectivity index (χ4v) is 1.47. The molecule has 1 heterocycles. The van der Waals surface area contributed by atoms with Crippen LogP contribution in [0.5, 0.6) is 5.75 Å². The zero-order valence-corrected chi connectivity index (χ0v) is 11.3. The molecule has 1 rings (SSSR count). The number of aromatic nitrogens is 1.